The van der Waals surface area contributed by atoms with Crippen LogP contribution in [0.2, 0.25) is 0 Å². The van der Waals surface area contributed by atoms with E-state index >= 15 is 0 Å². The molecular formula is C14H14F3N3S. The molecule has 0 saturated heterocycles. The number of nitrogen functional groups attached to an aromatic ring is 1. The van der Waals surface area contributed by atoms with Crippen LogP contribution in [0.25, 0.3) is 0 Å². The van der Waals surface area contributed by atoms with Crippen molar-refractivity contribution in [2.24, 2.45) is 0 Å². The molecule has 3 N–H and O–H groups in total. The second-order valence-electron chi connectivity index (χ2n) is 5.09. The summed E-state index contributed by atoms with van der Waals surface area (Å²) in [5.74, 6) is 0.901. The Morgan fingerprint density at radius 2 is 2.00 bits per heavy atom. The minimum Gasteiger partial charge on any atom is -0.383 e. The summed E-state index contributed by atoms with van der Waals surface area (Å²) in [6, 6.07) is 5.58. The van der Waals surface area contributed by atoms with Gasteiger partial charge < -0.3 is 11.1 Å². The number of nitrogens with two attached hydrogens (primary N) is 1. The van der Waals surface area contributed by atoms with Gasteiger partial charge in [-0.25, -0.2) is 0 Å². The standard InChI is InChI=1S/C14H14F3N3S/c15-14(16,17)10-4-2-1-3-9(10)7-19-13-11(8-5-6-8)12(18)20-21-13/h1-4,8,19H,5-7H2,(H2,18,20). The van der Waals surface area contributed by atoms with Crippen LogP contribution >= 0.6 is 11.5 Å². The molecule has 112 valence electrons. The van der Waals surface area contributed by atoms with E-state index in [9.17, 15) is 13.2 Å². The summed E-state index contributed by atoms with van der Waals surface area (Å²) in [5.41, 5.74) is 6.40. The second-order valence-corrected chi connectivity index (χ2v) is 5.87. The van der Waals surface area contributed by atoms with Crippen LogP contribution in [-0.2, 0) is 12.7 Å². The van der Waals surface area contributed by atoms with Crippen molar-refractivity contribution in [1.29, 1.82) is 0 Å². The van der Waals surface area contributed by atoms with Gasteiger partial charge in [0.25, 0.3) is 0 Å². The van der Waals surface area contributed by atoms with Gasteiger partial charge in [-0.2, -0.15) is 17.5 Å². The third-order valence-electron chi connectivity index (χ3n) is 3.50. The van der Waals surface area contributed by atoms with Crippen molar-refractivity contribution >= 4 is 22.4 Å². The third-order valence-corrected chi connectivity index (χ3v) is 4.34. The summed E-state index contributed by atoms with van der Waals surface area (Å²) in [6.07, 6.45) is -2.21. The van der Waals surface area contributed by atoms with Crippen molar-refractivity contribution in [3.05, 3.63) is 41.0 Å². The molecule has 0 unspecified atom stereocenters. The monoisotopic (exact) mass is 313 g/mol. The van der Waals surface area contributed by atoms with Crippen molar-refractivity contribution < 1.29 is 13.2 Å². The van der Waals surface area contributed by atoms with Crippen molar-refractivity contribution in [2.75, 3.05) is 11.1 Å². The zero-order valence-corrected chi connectivity index (χ0v) is 11.9. The van der Waals surface area contributed by atoms with Gasteiger partial charge in [0.05, 0.1) is 5.56 Å². The zero-order valence-electron chi connectivity index (χ0n) is 11.1. The molecule has 21 heavy (non-hydrogen) atoms. The van der Waals surface area contributed by atoms with E-state index in [2.05, 4.69) is 9.69 Å². The summed E-state index contributed by atoms with van der Waals surface area (Å²) < 4.78 is 42.9. The highest BCUT2D eigenvalue weighted by Crippen LogP contribution is 2.47. The topological polar surface area (TPSA) is 50.9 Å². The maximum absolute atomic E-state index is 12.9. The molecule has 0 aliphatic heterocycles. The molecule has 3 rings (SSSR count). The number of hydrogen-bond donors (Lipinski definition) is 2. The van der Waals surface area contributed by atoms with E-state index in [0.29, 0.717) is 11.7 Å². The Hall–Kier alpha value is -1.76. The number of nitrogens with one attached hydrogen (secondary N) is 1. The lowest BCUT2D eigenvalue weighted by Gasteiger charge is -2.13. The van der Waals surface area contributed by atoms with E-state index in [4.69, 9.17) is 5.73 Å². The molecule has 1 aliphatic rings. The fourth-order valence-corrected chi connectivity index (χ4v) is 3.12. The summed E-state index contributed by atoms with van der Waals surface area (Å²) in [6.45, 7) is 0.108. The molecular weight excluding hydrogens is 299 g/mol. The first-order valence-corrected chi connectivity index (χ1v) is 7.38. The first-order chi connectivity index (χ1) is 9.97. The Balaban J connectivity index is 1.80. The van der Waals surface area contributed by atoms with Crippen LogP contribution in [-0.4, -0.2) is 4.37 Å². The van der Waals surface area contributed by atoms with Gasteiger partial charge in [-0.15, -0.1) is 0 Å². The number of alkyl halides is 3. The van der Waals surface area contributed by atoms with Gasteiger partial charge in [-0.1, -0.05) is 18.2 Å². The minimum atomic E-state index is -4.34. The molecule has 0 radical (unpaired) electrons. The number of hydrogen-bond acceptors (Lipinski definition) is 4. The highest BCUT2D eigenvalue weighted by Gasteiger charge is 2.33. The van der Waals surface area contributed by atoms with E-state index < -0.39 is 11.7 Å². The molecule has 0 spiro atoms. The number of benzene rings is 1. The lowest BCUT2D eigenvalue weighted by Crippen LogP contribution is -2.11. The molecule has 3 nitrogen and oxygen atoms in total. The van der Waals surface area contributed by atoms with E-state index in [-0.39, 0.29) is 12.1 Å². The second kappa shape index (κ2) is 5.22. The van der Waals surface area contributed by atoms with Crippen molar-refractivity contribution in [1.82, 2.24) is 4.37 Å². The molecule has 1 saturated carbocycles. The SMILES string of the molecule is Nc1nsc(NCc2ccccc2C(F)(F)F)c1C1CC1. The zero-order chi connectivity index (χ0) is 15.0. The van der Waals surface area contributed by atoms with E-state index in [1.54, 1.807) is 6.07 Å². The molecule has 0 atom stereocenters. The van der Waals surface area contributed by atoms with Gasteiger partial charge in [-0.3, -0.25) is 0 Å². The Labute approximate surface area is 124 Å². The highest BCUT2D eigenvalue weighted by atomic mass is 32.1. The fourth-order valence-electron chi connectivity index (χ4n) is 2.33. The van der Waals surface area contributed by atoms with Gasteiger partial charge in [0, 0.05) is 12.1 Å². The smallest absolute Gasteiger partial charge is 0.383 e. The predicted molar refractivity (Wildman–Crippen MR) is 77.3 cm³/mol. The van der Waals surface area contributed by atoms with Crippen molar-refractivity contribution in [3.8, 4) is 0 Å². The highest BCUT2D eigenvalue weighted by molar-refractivity contribution is 7.10. The van der Waals surface area contributed by atoms with Crippen molar-refractivity contribution in [3.63, 3.8) is 0 Å². The van der Waals surface area contributed by atoms with Crippen LogP contribution < -0.4 is 11.1 Å². The summed E-state index contributed by atoms with van der Waals surface area (Å²) in [7, 11) is 0. The first-order valence-electron chi connectivity index (χ1n) is 6.61. The van der Waals surface area contributed by atoms with Crippen LogP contribution in [0.3, 0.4) is 0 Å². The van der Waals surface area contributed by atoms with Crippen LogP contribution in [0.4, 0.5) is 24.0 Å². The van der Waals surface area contributed by atoms with Gasteiger partial charge in [0.2, 0.25) is 0 Å². The molecule has 1 heterocycles. The summed E-state index contributed by atoms with van der Waals surface area (Å²) in [4.78, 5) is 0. The van der Waals surface area contributed by atoms with Gasteiger partial charge in [-0.05, 0) is 41.9 Å². The Morgan fingerprint density at radius 3 is 2.67 bits per heavy atom. The molecule has 7 heteroatoms. The van der Waals surface area contributed by atoms with Gasteiger partial charge >= 0.3 is 6.18 Å². The first kappa shape index (κ1) is 14.2. The summed E-state index contributed by atoms with van der Waals surface area (Å²) in [5, 5.41) is 3.84. The minimum absolute atomic E-state index is 0.108. The van der Waals surface area contributed by atoms with Gasteiger partial charge in [0.15, 0.2) is 0 Å². The lowest BCUT2D eigenvalue weighted by atomic mass is 10.1. The normalized spacial score (nSPS) is 15.2. The van der Waals surface area contributed by atoms with Crippen LogP contribution in [0.15, 0.2) is 24.3 Å². The quantitative estimate of drug-likeness (QED) is 0.888. The molecule has 1 fully saturated rings. The van der Waals surface area contributed by atoms with Crippen LogP contribution in [0.5, 0.6) is 0 Å². The average molecular weight is 313 g/mol. The van der Waals surface area contributed by atoms with Crippen molar-refractivity contribution in [2.45, 2.75) is 31.5 Å². The largest absolute Gasteiger partial charge is 0.416 e. The molecule has 1 aromatic carbocycles. The molecule has 0 bridgehead atoms. The summed E-state index contributed by atoms with van der Waals surface area (Å²) >= 11 is 1.21. The van der Waals surface area contributed by atoms with E-state index in [1.807, 2.05) is 0 Å². The van der Waals surface area contributed by atoms with E-state index in [0.717, 1.165) is 29.5 Å². The number of anilines is 2. The number of nitrogens with zero attached hydrogens (tertiary/aromatic N) is 1. The molecule has 1 aliphatic carbocycles. The van der Waals surface area contributed by atoms with Crippen LogP contribution in [0, 0.1) is 0 Å². The number of aromatic nitrogens is 1. The maximum atomic E-state index is 12.9. The predicted octanol–water partition coefficient (Wildman–Crippen LogP) is 4.23. The Bertz CT molecular complexity index is 647. The van der Waals surface area contributed by atoms with Gasteiger partial charge in [0.1, 0.15) is 10.8 Å². The number of halogens is 3. The Kier molecular flexibility index (Phi) is 3.52. The number of rotatable bonds is 4. The van der Waals surface area contributed by atoms with Crippen LogP contribution in [0.1, 0.15) is 35.4 Å². The average Bonchev–Trinajstić information content (AvgIpc) is 3.20. The molecule has 1 aromatic heterocycles. The molecule has 2 aromatic rings. The Morgan fingerprint density at radius 1 is 1.29 bits per heavy atom. The van der Waals surface area contributed by atoms with E-state index in [1.165, 1.54) is 23.7 Å². The third kappa shape index (κ3) is 2.97. The lowest BCUT2D eigenvalue weighted by molar-refractivity contribution is -0.138. The fraction of sp³-hybridized carbons (Fsp3) is 0.357. The molecule has 0 amide bonds. The maximum Gasteiger partial charge on any atom is 0.416 e.